The van der Waals surface area contributed by atoms with E-state index in [1.807, 2.05) is 49.5 Å². The summed E-state index contributed by atoms with van der Waals surface area (Å²) in [4.78, 5) is 17.5. The lowest BCUT2D eigenvalue weighted by atomic mass is 9.94. The van der Waals surface area contributed by atoms with E-state index in [0.717, 1.165) is 59.1 Å². The van der Waals surface area contributed by atoms with Gasteiger partial charge in [-0.25, -0.2) is 14.5 Å². The number of rotatable bonds is 5. The van der Waals surface area contributed by atoms with E-state index < -0.39 is 0 Å². The quantitative estimate of drug-likeness (QED) is 0.432. The van der Waals surface area contributed by atoms with Crippen molar-refractivity contribution in [2.75, 3.05) is 0 Å². The lowest BCUT2D eigenvalue weighted by Crippen LogP contribution is -2.14. The summed E-state index contributed by atoms with van der Waals surface area (Å²) in [5.74, 6) is 1.01. The van der Waals surface area contributed by atoms with E-state index in [0.29, 0.717) is 0 Å². The summed E-state index contributed by atoms with van der Waals surface area (Å²) in [5.41, 5.74) is 7.78. The number of hydrogen-bond donors (Lipinski definition) is 2. The van der Waals surface area contributed by atoms with Gasteiger partial charge in [-0.2, -0.15) is 5.10 Å². The minimum absolute atomic E-state index is 0.127. The number of pyridine rings is 2. The highest BCUT2D eigenvalue weighted by Gasteiger charge is 2.30. The van der Waals surface area contributed by atoms with Gasteiger partial charge in [0.25, 0.3) is 0 Å². The number of imidazole rings is 1. The van der Waals surface area contributed by atoms with Crippen molar-refractivity contribution in [2.24, 2.45) is 0 Å². The van der Waals surface area contributed by atoms with Crippen molar-refractivity contribution in [1.82, 2.24) is 29.5 Å². The fraction of sp³-hybridized carbons (Fsp3) is 0.231. The van der Waals surface area contributed by atoms with Crippen LogP contribution in [0.3, 0.4) is 0 Å². The van der Waals surface area contributed by atoms with E-state index in [9.17, 15) is 5.11 Å². The molecular weight excluding hydrogens is 412 g/mol. The summed E-state index contributed by atoms with van der Waals surface area (Å²) in [6.45, 7) is 1.99. The third-order valence-electron chi connectivity index (χ3n) is 6.49. The van der Waals surface area contributed by atoms with Crippen LogP contribution in [0.15, 0.2) is 67.1 Å². The van der Waals surface area contributed by atoms with Crippen molar-refractivity contribution in [3.63, 3.8) is 0 Å². The average molecular weight is 437 g/mol. The van der Waals surface area contributed by atoms with Crippen LogP contribution in [0, 0.1) is 6.92 Å². The largest absolute Gasteiger partial charge is 0.392 e. The lowest BCUT2D eigenvalue weighted by Gasteiger charge is -2.14. The SMILES string of the molecule is Cc1cccc(-c2[nH]c(CC[C@H]3c4ccccc4C[C@H]3O)nc2-c2ccc3ncnn3c2)n1. The number of aliphatic hydroxyl groups excluding tert-OH is 1. The van der Waals surface area contributed by atoms with E-state index in [2.05, 4.69) is 33.3 Å². The van der Waals surface area contributed by atoms with Crippen LogP contribution < -0.4 is 0 Å². The Morgan fingerprint density at radius 3 is 2.88 bits per heavy atom. The van der Waals surface area contributed by atoms with Gasteiger partial charge in [0.2, 0.25) is 0 Å². The van der Waals surface area contributed by atoms with Crippen molar-refractivity contribution in [1.29, 1.82) is 0 Å². The molecule has 0 aliphatic heterocycles. The maximum atomic E-state index is 10.7. The van der Waals surface area contributed by atoms with Gasteiger partial charge in [-0.3, -0.25) is 4.98 Å². The van der Waals surface area contributed by atoms with E-state index >= 15 is 0 Å². The number of hydrogen-bond acceptors (Lipinski definition) is 5. The molecule has 0 amide bonds. The van der Waals surface area contributed by atoms with Crippen LogP contribution in [0.4, 0.5) is 0 Å². The number of aromatic nitrogens is 6. The number of aryl methyl sites for hydroxylation is 2. The second-order valence-electron chi connectivity index (χ2n) is 8.67. The highest BCUT2D eigenvalue weighted by Crippen LogP contribution is 2.37. The molecule has 2 atom stereocenters. The Balaban J connectivity index is 1.36. The molecule has 33 heavy (non-hydrogen) atoms. The van der Waals surface area contributed by atoms with E-state index in [1.54, 1.807) is 10.8 Å². The molecule has 0 radical (unpaired) electrons. The number of benzene rings is 1. The molecule has 164 valence electrons. The van der Waals surface area contributed by atoms with Crippen molar-refractivity contribution < 1.29 is 5.11 Å². The Morgan fingerprint density at radius 2 is 1.97 bits per heavy atom. The van der Waals surface area contributed by atoms with Gasteiger partial charge in [0.15, 0.2) is 5.65 Å². The van der Waals surface area contributed by atoms with Crippen LogP contribution in [0.5, 0.6) is 0 Å². The third-order valence-corrected chi connectivity index (χ3v) is 6.49. The van der Waals surface area contributed by atoms with Crippen LogP contribution in [-0.4, -0.2) is 40.8 Å². The normalized spacial score (nSPS) is 17.5. The predicted octanol–water partition coefficient (Wildman–Crippen LogP) is 4.12. The zero-order valence-corrected chi connectivity index (χ0v) is 18.3. The lowest BCUT2D eigenvalue weighted by molar-refractivity contribution is 0.152. The Labute approximate surface area is 191 Å². The summed E-state index contributed by atoms with van der Waals surface area (Å²) in [6, 6.07) is 18.3. The summed E-state index contributed by atoms with van der Waals surface area (Å²) in [7, 11) is 0. The number of aliphatic hydroxyl groups is 1. The highest BCUT2D eigenvalue weighted by atomic mass is 16.3. The Bertz CT molecular complexity index is 1450. The molecule has 0 unspecified atom stereocenters. The minimum atomic E-state index is -0.343. The fourth-order valence-electron chi connectivity index (χ4n) is 4.87. The zero-order valence-electron chi connectivity index (χ0n) is 18.3. The molecular formula is C26H24N6O. The monoisotopic (exact) mass is 436 g/mol. The van der Waals surface area contributed by atoms with Gasteiger partial charge in [0.05, 0.1) is 23.2 Å². The smallest absolute Gasteiger partial charge is 0.155 e. The van der Waals surface area contributed by atoms with Crippen molar-refractivity contribution in [3.8, 4) is 22.6 Å². The summed E-state index contributed by atoms with van der Waals surface area (Å²) < 4.78 is 1.75. The first kappa shape index (κ1) is 19.8. The molecule has 1 aliphatic carbocycles. The number of fused-ring (bicyclic) bond motifs is 2. The van der Waals surface area contributed by atoms with Gasteiger partial charge < -0.3 is 10.1 Å². The summed E-state index contributed by atoms with van der Waals surface area (Å²) >= 11 is 0. The third kappa shape index (κ3) is 3.60. The molecule has 7 nitrogen and oxygen atoms in total. The average Bonchev–Trinajstić information content (AvgIpc) is 3.53. The molecule has 0 saturated heterocycles. The van der Waals surface area contributed by atoms with Gasteiger partial charge >= 0.3 is 0 Å². The first-order valence-electron chi connectivity index (χ1n) is 11.2. The highest BCUT2D eigenvalue weighted by molar-refractivity contribution is 5.77. The van der Waals surface area contributed by atoms with E-state index in [-0.39, 0.29) is 12.0 Å². The Kier molecular flexibility index (Phi) is 4.77. The number of aromatic amines is 1. The molecule has 4 aromatic heterocycles. The van der Waals surface area contributed by atoms with Crippen LogP contribution in [0.2, 0.25) is 0 Å². The van der Waals surface area contributed by atoms with Gasteiger partial charge in [0, 0.05) is 29.8 Å². The maximum absolute atomic E-state index is 10.7. The molecule has 0 spiro atoms. The Hall–Kier alpha value is -3.84. The molecule has 0 fully saturated rings. The standard InChI is InChI=1S/C26H24N6O/c1-16-5-4-8-21(29-16)26-25(18-9-12-24-27-15-28-32(24)14-18)30-23(31-26)11-10-20-19-7-3-2-6-17(19)13-22(20)33/h2-9,12,14-15,20,22,33H,10-11,13H2,1H3,(H,30,31)/t20-,22+/m0/s1. The molecule has 2 N–H and O–H groups in total. The molecule has 4 heterocycles. The first-order valence-corrected chi connectivity index (χ1v) is 11.2. The first-order chi connectivity index (χ1) is 16.2. The van der Waals surface area contributed by atoms with Crippen molar-refractivity contribution >= 4 is 5.65 Å². The molecule has 1 aliphatic rings. The molecule has 0 bridgehead atoms. The van der Waals surface area contributed by atoms with Crippen LogP contribution >= 0.6 is 0 Å². The molecule has 1 aromatic carbocycles. The van der Waals surface area contributed by atoms with Gasteiger partial charge in [-0.05, 0) is 55.2 Å². The van der Waals surface area contributed by atoms with Crippen LogP contribution in [-0.2, 0) is 12.8 Å². The van der Waals surface area contributed by atoms with Crippen molar-refractivity contribution in [3.05, 3.63) is 89.8 Å². The molecule has 7 heteroatoms. The number of H-pyrrole nitrogens is 1. The van der Waals surface area contributed by atoms with Gasteiger partial charge in [0.1, 0.15) is 12.2 Å². The molecule has 6 rings (SSSR count). The van der Waals surface area contributed by atoms with Gasteiger partial charge in [-0.15, -0.1) is 0 Å². The number of nitrogens with one attached hydrogen (secondary N) is 1. The van der Waals surface area contributed by atoms with Crippen molar-refractivity contribution in [2.45, 2.75) is 38.2 Å². The zero-order chi connectivity index (χ0) is 22.4. The second kappa shape index (κ2) is 7.94. The predicted molar refractivity (Wildman–Crippen MR) is 126 cm³/mol. The minimum Gasteiger partial charge on any atom is -0.392 e. The fourth-order valence-corrected chi connectivity index (χ4v) is 4.87. The molecule has 5 aromatic rings. The Morgan fingerprint density at radius 1 is 1.06 bits per heavy atom. The van der Waals surface area contributed by atoms with Crippen LogP contribution in [0.25, 0.3) is 28.3 Å². The van der Waals surface area contributed by atoms with Crippen LogP contribution in [0.1, 0.15) is 35.0 Å². The van der Waals surface area contributed by atoms with E-state index in [4.69, 9.17) is 9.97 Å². The second-order valence-corrected chi connectivity index (χ2v) is 8.67. The van der Waals surface area contributed by atoms with Gasteiger partial charge in [-0.1, -0.05) is 30.3 Å². The van der Waals surface area contributed by atoms with E-state index in [1.165, 1.54) is 11.1 Å². The maximum Gasteiger partial charge on any atom is 0.155 e. The summed E-state index contributed by atoms with van der Waals surface area (Å²) in [6.07, 6.45) is 5.43. The number of nitrogens with zero attached hydrogens (tertiary/aromatic N) is 5. The summed E-state index contributed by atoms with van der Waals surface area (Å²) in [5, 5.41) is 14.9. The molecule has 0 saturated carbocycles. The topological polar surface area (TPSA) is 92.0 Å².